The van der Waals surface area contributed by atoms with Gasteiger partial charge in [-0.25, -0.2) is 4.79 Å². The van der Waals surface area contributed by atoms with Gasteiger partial charge in [0.05, 0.1) is 0 Å². The van der Waals surface area contributed by atoms with Crippen LogP contribution in [0.5, 0.6) is 0 Å². The number of hydrogen-bond donors (Lipinski definition) is 3. The third kappa shape index (κ3) is 2060. The van der Waals surface area contributed by atoms with E-state index in [9.17, 15) is 0 Å². The van der Waals surface area contributed by atoms with Crippen LogP contribution in [0.3, 0.4) is 0 Å². The Bertz CT molecular complexity index is 201. The Kier molecular flexibility index (Phi) is 29.0. The number of rotatable bonds is 0. The average molecular weight is 312 g/mol. The maximum atomic E-state index is 9.01. The SMILES string of the molecule is CC(=O)O.CC(=O)O.N#CC(=O)O.[SnH2]. The normalized spacial score (nSPS) is 5.50. The molecular formula is C6H11NO6Sn. The first-order chi connectivity index (χ1) is 5.73. The van der Waals surface area contributed by atoms with Crippen molar-refractivity contribution in [1.29, 1.82) is 5.26 Å². The first-order valence-corrected chi connectivity index (χ1v) is 2.76. The summed E-state index contributed by atoms with van der Waals surface area (Å²) in [6.07, 6.45) is 0. The third-order valence-electron chi connectivity index (χ3n) is 0.0956. The molecule has 0 aromatic heterocycles. The van der Waals surface area contributed by atoms with E-state index in [4.69, 9.17) is 35.0 Å². The zero-order chi connectivity index (χ0) is 11.4. The summed E-state index contributed by atoms with van der Waals surface area (Å²) in [5.74, 6) is -3.11. The third-order valence-corrected chi connectivity index (χ3v) is 0.0956. The van der Waals surface area contributed by atoms with Crippen molar-refractivity contribution < 1.29 is 29.7 Å². The predicted molar refractivity (Wildman–Crippen MR) is 48.4 cm³/mol. The van der Waals surface area contributed by atoms with Gasteiger partial charge in [0.25, 0.3) is 11.9 Å². The number of hydrogen-bond acceptors (Lipinski definition) is 4. The monoisotopic (exact) mass is 313 g/mol. The Morgan fingerprint density at radius 2 is 1.07 bits per heavy atom. The molecule has 0 unspecified atom stereocenters. The first kappa shape index (κ1) is 23.0. The molecule has 0 aliphatic rings. The summed E-state index contributed by atoms with van der Waals surface area (Å²) < 4.78 is 0. The van der Waals surface area contributed by atoms with Crippen LogP contribution >= 0.6 is 0 Å². The molecular weight excluding hydrogens is 301 g/mol. The fourth-order valence-corrected chi connectivity index (χ4v) is 0. The number of aliphatic carboxylic acids is 3. The van der Waals surface area contributed by atoms with Gasteiger partial charge in [-0.1, -0.05) is 0 Å². The van der Waals surface area contributed by atoms with Crippen molar-refractivity contribution in [3.05, 3.63) is 0 Å². The minimum atomic E-state index is -1.44. The Morgan fingerprint density at radius 1 is 1.00 bits per heavy atom. The van der Waals surface area contributed by atoms with Gasteiger partial charge in [-0.05, 0) is 0 Å². The molecule has 0 rings (SSSR count). The van der Waals surface area contributed by atoms with Crippen molar-refractivity contribution >= 4 is 41.8 Å². The van der Waals surface area contributed by atoms with Crippen LogP contribution in [0.15, 0.2) is 0 Å². The summed E-state index contributed by atoms with van der Waals surface area (Å²) in [5, 5.41) is 29.5. The molecule has 7 nitrogen and oxygen atoms in total. The zero-order valence-corrected chi connectivity index (χ0v) is 11.8. The Hall–Kier alpha value is -1.30. The number of nitriles is 1. The van der Waals surface area contributed by atoms with E-state index in [2.05, 4.69) is 0 Å². The molecule has 0 heterocycles. The zero-order valence-electron chi connectivity index (χ0n) is 7.72. The molecule has 0 spiro atoms. The molecule has 0 saturated heterocycles. The fraction of sp³-hybridized carbons (Fsp3) is 0.333. The van der Waals surface area contributed by atoms with Crippen molar-refractivity contribution in [2.75, 3.05) is 0 Å². The van der Waals surface area contributed by atoms with Gasteiger partial charge in [-0.3, -0.25) is 9.59 Å². The summed E-state index contributed by atoms with van der Waals surface area (Å²) in [6, 6.07) is 0.944. The summed E-state index contributed by atoms with van der Waals surface area (Å²) in [7, 11) is 0. The van der Waals surface area contributed by atoms with E-state index in [1.54, 1.807) is 0 Å². The van der Waals surface area contributed by atoms with Gasteiger partial charge >= 0.3 is 29.9 Å². The first-order valence-electron chi connectivity index (χ1n) is 2.76. The molecule has 14 heavy (non-hydrogen) atoms. The molecule has 0 amide bonds. The summed E-state index contributed by atoms with van der Waals surface area (Å²) in [5.41, 5.74) is 0. The topological polar surface area (TPSA) is 136 Å². The van der Waals surface area contributed by atoms with E-state index in [1.807, 2.05) is 0 Å². The Balaban J connectivity index is -0.0000000522. The van der Waals surface area contributed by atoms with Crippen molar-refractivity contribution in [3.8, 4) is 6.07 Å². The Labute approximate surface area is 96.9 Å². The van der Waals surface area contributed by atoms with Crippen LogP contribution in [0.1, 0.15) is 13.8 Å². The van der Waals surface area contributed by atoms with Crippen LogP contribution in [0.4, 0.5) is 0 Å². The van der Waals surface area contributed by atoms with Gasteiger partial charge in [0.1, 0.15) is 0 Å². The molecule has 0 saturated carbocycles. The number of nitrogens with zero attached hydrogens (tertiary/aromatic N) is 1. The van der Waals surface area contributed by atoms with E-state index >= 15 is 0 Å². The standard InChI is InChI=1S/C2HNO2.2C2H4O2.Sn.2H/c3-1-2(4)5;2*1-2(3)4;;;/h(H,4,5);2*1H3,(H,3,4);;;. The van der Waals surface area contributed by atoms with Gasteiger partial charge in [0.2, 0.25) is 0 Å². The van der Waals surface area contributed by atoms with E-state index in [0.29, 0.717) is 0 Å². The molecule has 0 aromatic rings. The van der Waals surface area contributed by atoms with Crippen molar-refractivity contribution in [3.63, 3.8) is 0 Å². The fourth-order valence-electron chi connectivity index (χ4n) is 0. The number of carboxylic acids is 3. The summed E-state index contributed by atoms with van der Waals surface area (Å²) >= 11 is 0. The molecule has 0 bridgehead atoms. The second-order valence-electron chi connectivity index (χ2n) is 1.45. The number of carboxylic acid groups (broad SMARTS) is 3. The molecule has 8 heteroatoms. The van der Waals surface area contributed by atoms with Crippen LogP contribution in [-0.4, -0.2) is 57.1 Å². The van der Waals surface area contributed by atoms with Gasteiger partial charge in [0, 0.05) is 13.8 Å². The molecule has 0 aliphatic heterocycles. The molecule has 0 aromatic carbocycles. The Morgan fingerprint density at radius 3 is 1.07 bits per heavy atom. The molecule has 3 N–H and O–H groups in total. The molecule has 0 aliphatic carbocycles. The second kappa shape index (κ2) is 17.7. The predicted octanol–water partition coefficient (Wildman–Crippen LogP) is -1.14. The maximum absolute atomic E-state index is 9.01. The van der Waals surface area contributed by atoms with E-state index in [0.717, 1.165) is 19.9 Å². The summed E-state index contributed by atoms with van der Waals surface area (Å²) in [4.78, 5) is 27.0. The van der Waals surface area contributed by atoms with Crippen LogP contribution in [0, 0.1) is 11.3 Å². The van der Waals surface area contributed by atoms with E-state index in [-0.39, 0.29) is 23.9 Å². The molecule has 0 fully saturated rings. The second-order valence-corrected chi connectivity index (χ2v) is 1.45. The molecule has 2 radical (unpaired) electrons. The van der Waals surface area contributed by atoms with E-state index in [1.165, 1.54) is 0 Å². The van der Waals surface area contributed by atoms with Gasteiger partial charge < -0.3 is 15.3 Å². The summed E-state index contributed by atoms with van der Waals surface area (Å²) in [6.45, 7) is 2.17. The van der Waals surface area contributed by atoms with E-state index < -0.39 is 17.9 Å². The van der Waals surface area contributed by atoms with Crippen LogP contribution in [0.25, 0.3) is 0 Å². The van der Waals surface area contributed by atoms with Crippen molar-refractivity contribution in [1.82, 2.24) is 0 Å². The number of carbonyl (C=O) groups is 3. The van der Waals surface area contributed by atoms with Crippen LogP contribution < -0.4 is 0 Å². The van der Waals surface area contributed by atoms with Gasteiger partial charge in [-0.2, -0.15) is 5.26 Å². The minimum absolute atomic E-state index is 0. The van der Waals surface area contributed by atoms with Crippen molar-refractivity contribution in [2.45, 2.75) is 13.8 Å². The van der Waals surface area contributed by atoms with Crippen LogP contribution in [-0.2, 0) is 14.4 Å². The van der Waals surface area contributed by atoms with Crippen molar-refractivity contribution in [2.24, 2.45) is 0 Å². The van der Waals surface area contributed by atoms with Crippen LogP contribution in [0.2, 0.25) is 0 Å². The average Bonchev–Trinajstić information content (AvgIpc) is 1.84. The molecule has 80 valence electrons. The van der Waals surface area contributed by atoms with Gasteiger partial charge in [0.15, 0.2) is 6.07 Å². The van der Waals surface area contributed by atoms with Gasteiger partial charge in [-0.15, -0.1) is 0 Å². The molecule has 0 atom stereocenters. The quantitative estimate of drug-likeness (QED) is 0.292.